The molecule has 0 heterocycles. The van der Waals surface area contributed by atoms with Gasteiger partial charge in [-0.05, 0) is 41.3 Å². The molecule has 0 nitrogen and oxygen atoms in total. The molecular formula is C15H14. The molecule has 0 amide bonds. The van der Waals surface area contributed by atoms with Gasteiger partial charge in [0.15, 0.2) is 0 Å². The highest BCUT2D eigenvalue weighted by Gasteiger charge is 2.36. The van der Waals surface area contributed by atoms with Gasteiger partial charge in [0.25, 0.3) is 0 Å². The summed E-state index contributed by atoms with van der Waals surface area (Å²) in [5.41, 5.74) is 10.3. The van der Waals surface area contributed by atoms with Crippen molar-refractivity contribution in [1.29, 1.82) is 0 Å². The van der Waals surface area contributed by atoms with Crippen LogP contribution in [-0.2, 0) is 5.41 Å². The summed E-state index contributed by atoms with van der Waals surface area (Å²) in [5.74, 6) is 0. The van der Waals surface area contributed by atoms with Crippen LogP contribution in [0.4, 0.5) is 0 Å². The third-order valence-corrected chi connectivity index (χ3v) is 3.56. The molecule has 2 aliphatic rings. The Morgan fingerprint density at radius 3 is 2.73 bits per heavy atom. The predicted molar refractivity (Wildman–Crippen MR) is 63.8 cm³/mol. The number of hydrogen-bond acceptors (Lipinski definition) is 0. The lowest BCUT2D eigenvalue weighted by atomic mass is 9.81. The highest BCUT2D eigenvalue weighted by Crippen LogP contribution is 2.48. The van der Waals surface area contributed by atoms with E-state index in [0.717, 1.165) is 0 Å². The van der Waals surface area contributed by atoms with Crippen molar-refractivity contribution < 1.29 is 0 Å². The highest BCUT2D eigenvalue weighted by atomic mass is 14.4. The van der Waals surface area contributed by atoms with Gasteiger partial charge in [-0.1, -0.05) is 37.6 Å². The second kappa shape index (κ2) is 2.53. The van der Waals surface area contributed by atoms with Gasteiger partial charge in [0, 0.05) is 5.41 Å². The molecule has 1 aromatic rings. The molecule has 1 aromatic carbocycles. The first-order valence-corrected chi connectivity index (χ1v) is 5.39. The summed E-state index contributed by atoms with van der Waals surface area (Å²) in [4.78, 5) is 0. The zero-order chi connectivity index (χ0) is 10.6. The van der Waals surface area contributed by atoms with Crippen LogP contribution in [0.2, 0.25) is 0 Å². The summed E-state index contributed by atoms with van der Waals surface area (Å²) < 4.78 is 0. The van der Waals surface area contributed by atoms with Crippen molar-refractivity contribution in [2.45, 2.75) is 26.2 Å². The van der Waals surface area contributed by atoms with E-state index in [1.807, 2.05) is 0 Å². The van der Waals surface area contributed by atoms with E-state index in [4.69, 9.17) is 0 Å². The lowest BCUT2D eigenvalue weighted by Gasteiger charge is -2.22. The molecule has 0 fully saturated rings. The lowest BCUT2D eigenvalue weighted by molar-refractivity contribution is 0.654. The third kappa shape index (κ3) is 0.976. The molecule has 0 spiro atoms. The molecule has 0 saturated carbocycles. The Hall–Kier alpha value is -1.52. The third-order valence-electron chi connectivity index (χ3n) is 3.56. The number of benzene rings is 1. The van der Waals surface area contributed by atoms with Gasteiger partial charge in [0.2, 0.25) is 0 Å². The maximum atomic E-state index is 3.21. The van der Waals surface area contributed by atoms with Gasteiger partial charge < -0.3 is 0 Å². The summed E-state index contributed by atoms with van der Waals surface area (Å²) in [5, 5.41) is 0. The van der Waals surface area contributed by atoms with Gasteiger partial charge in [0.05, 0.1) is 0 Å². The summed E-state index contributed by atoms with van der Waals surface area (Å²) >= 11 is 0. The van der Waals surface area contributed by atoms with Crippen molar-refractivity contribution >= 4 is 5.57 Å². The first kappa shape index (κ1) is 8.76. The normalized spacial score (nSPS) is 19.7. The smallest absolute Gasteiger partial charge is 0.0165 e. The Morgan fingerprint density at radius 1 is 1.13 bits per heavy atom. The quantitative estimate of drug-likeness (QED) is 0.551. The molecule has 0 N–H and O–H groups in total. The molecule has 0 aromatic heterocycles. The average molecular weight is 194 g/mol. The van der Waals surface area contributed by atoms with E-state index in [1.54, 1.807) is 0 Å². The minimum atomic E-state index is 0.149. The van der Waals surface area contributed by atoms with Crippen molar-refractivity contribution in [3.8, 4) is 0 Å². The summed E-state index contributed by atoms with van der Waals surface area (Å²) in [6.07, 6.45) is 4.24. The van der Waals surface area contributed by atoms with Crippen molar-refractivity contribution in [1.82, 2.24) is 0 Å². The number of allylic oxidation sites excluding steroid dienone is 3. The van der Waals surface area contributed by atoms with Crippen LogP contribution >= 0.6 is 0 Å². The zero-order valence-corrected chi connectivity index (χ0v) is 9.39. The van der Waals surface area contributed by atoms with E-state index in [1.165, 1.54) is 27.8 Å². The molecule has 0 radical (unpaired) electrons. The molecule has 0 heteroatoms. The minimum absolute atomic E-state index is 0.149. The zero-order valence-electron chi connectivity index (χ0n) is 9.39. The number of rotatable bonds is 0. The fourth-order valence-electron chi connectivity index (χ4n) is 2.66. The fraction of sp³-hybridized carbons (Fsp3) is 0.267. The molecule has 0 atom stereocenters. The first-order valence-electron chi connectivity index (χ1n) is 5.39. The maximum absolute atomic E-state index is 3.21. The molecule has 2 aliphatic carbocycles. The van der Waals surface area contributed by atoms with Gasteiger partial charge in [-0.15, -0.1) is 5.73 Å². The lowest BCUT2D eigenvalue weighted by Crippen LogP contribution is -2.15. The molecule has 0 aliphatic heterocycles. The van der Waals surface area contributed by atoms with Crippen molar-refractivity contribution in [3.63, 3.8) is 0 Å². The maximum Gasteiger partial charge on any atom is 0.0165 e. The average Bonchev–Trinajstić information content (AvgIpc) is 2.72. The second-order valence-corrected chi connectivity index (χ2v) is 4.96. The Bertz CT molecular complexity index is 547. The Morgan fingerprint density at radius 2 is 1.93 bits per heavy atom. The Balaban J connectivity index is 2.33. The van der Waals surface area contributed by atoms with E-state index < -0.39 is 0 Å². The molecular weight excluding hydrogens is 180 g/mol. The van der Waals surface area contributed by atoms with Gasteiger partial charge in [0.1, 0.15) is 0 Å². The van der Waals surface area contributed by atoms with Crippen LogP contribution in [0.5, 0.6) is 0 Å². The van der Waals surface area contributed by atoms with Crippen LogP contribution in [0.15, 0.2) is 41.7 Å². The molecule has 0 unspecified atom stereocenters. The van der Waals surface area contributed by atoms with E-state index in [2.05, 4.69) is 56.9 Å². The van der Waals surface area contributed by atoms with Crippen LogP contribution < -0.4 is 0 Å². The fourth-order valence-corrected chi connectivity index (χ4v) is 2.66. The van der Waals surface area contributed by atoms with Crippen LogP contribution in [0.3, 0.4) is 0 Å². The highest BCUT2D eigenvalue weighted by molar-refractivity contribution is 5.89. The van der Waals surface area contributed by atoms with Crippen molar-refractivity contribution in [2.24, 2.45) is 0 Å². The van der Waals surface area contributed by atoms with Gasteiger partial charge in [-0.3, -0.25) is 0 Å². The van der Waals surface area contributed by atoms with Crippen molar-refractivity contribution in [3.05, 3.63) is 58.3 Å². The standard InChI is InChI=1S/C15H14/c1-10-7-8-12-11-5-4-6-13(11)15(2,3)14(12)9-10/h5-9H,1-3H3. The molecule has 3 rings (SSSR count). The molecule has 74 valence electrons. The molecule has 0 bridgehead atoms. The number of aryl methyl sites for hydroxylation is 1. The Kier molecular flexibility index (Phi) is 1.48. The summed E-state index contributed by atoms with van der Waals surface area (Å²) in [6.45, 7) is 6.75. The van der Waals surface area contributed by atoms with Crippen LogP contribution in [-0.4, -0.2) is 0 Å². The van der Waals surface area contributed by atoms with E-state index >= 15 is 0 Å². The van der Waals surface area contributed by atoms with Crippen LogP contribution in [0, 0.1) is 6.92 Å². The van der Waals surface area contributed by atoms with Crippen molar-refractivity contribution in [2.75, 3.05) is 0 Å². The van der Waals surface area contributed by atoms with Crippen LogP contribution in [0.1, 0.15) is 30.5 Å². The number of fused-ring (bicyclic) bond motifs is 2. The molecule has 0 saturated heterocycles. The monoisotopic (exact) mass is 194 g/mol. The first-order chi connectivity index (χ1) is 7.10. The molecule has 15 heavy (non-hydrogen) atoms. The Labute approximate surface area is 90.6 Å². The van der Waals surface area contributed by atoms with Crippen LogP contribution in [0.25, 0.3) is 5.57 Å². The SMILES string of the molecule is Cc1ccc2c(c1)C(C)(C)C1=C2C=C=C1. The summed E-state index contributed by atoms with van der Waals surface area (Å²) in [7, 11) is 0. The van der Waals surface area contributed by atoms with E-state index in [0.29, 0.717) is 0 Å². The summed E-state index contributed by atoms with van der Waals surface area (Å²) in [6, 6.07) is 6.75. The van der Waals surface area contributed by atoms with Gasteiger partial charge in [-0.25, -0.2) is 0 Å². The largest absolute Gasteiger partial charge is 0.120 e. The topological polar surface area (TPSA) is 0 Å². The second-order valence-electron chi connectivity index (χ2n) is 4.96. The van der Waals surface area contributed by atoms with E-state index in [-0.39, 0.29) is 5.41 Å². The van der Waals surface area contributed by atoms with Gasteiger partial charge in [-0.2, -0.15) is 0 Å². The van der Waals surface area contributed by atoms with Gasteiger partial charge >= 0.3 is 0 Å². The van der Waals surface area contributed by atoms with E-state index in [9.17, 15) is 0 Å². The minimum Gasteiger partial charge on any atom is -0.120 e. The number of hydrogen-bond donors (Lipinski definition) is 0. The predicted octanol–water partition coefficient (Wildman–Crippen LogP) is 3.76.